The second-order valence-corrected chi connectivity index (χ2v) is 7.04. The van der Waals surface area contributed by atoms with Gasteiger partial charge in [-0.15, -0.1) is 0 Å². The van der Waals surface area contributed by atoms with Crippen molar-refractivity contribution in [1.29, 1.82) is 0 Å². The molecule has 0 heterocycles. The third-order valence-corrected chi connectivity index (χ3v) is 5.39. The van der Waals surface area contributed by atoms with Crippen LogP contribution >= 0.6 is 0 Å². The van der Waals surface area contributed by atoms with Gasteiger partial charge >= 0.3 is 0 Å². The lowest BCUT2D eigenvalue weighted by Crippen LogP contribution is -2.49. The van der Waals surface area contributed by atoms with Crippen LogP contribution in [-0.2, 0) is 0 Å². The van der Waals surface area contributed by atoms with Gasteiger partial charge in [0.05, 0.1) is 6.61 Å². The second-order valence-electron chi connectivity index (χ2n) is 7.04. The van der Waals surface area contributed by atoms with Crippen LogP contribution < -0.4 is 5.73 Å². The molecule has 0 aromatic heterocycles. The molecule has 0 radical (unpaired) electrons. The number of aliphatic hydroxyl groups excluding tert-OH is 1. The molecule has 0 aromatic carbocycles. The van der Waals surface area contributed by atoms with Crippen LogP contribution in [0.2, 0.25) is 0 Å². The van der Waals surface area contributed by atoms with E-state index in [1.807, 2.05) is 0 Å². The van der Waals surface area contributed by atoms with Crippen molar-refractivity contribution in [2.24, 2.45) is 17.1 Å². The summed E-state index contributed by atoms with van der Waals surface area (Å²) in [6.45, 7) is 5.41. The molecule has 2 unspecified atom stereocenters. The van der Waals surface area contributed by atoms with Crippen molar-refractivity contribution in [2.75, 3.05) is 26.2 Å². The fourth-order valence-corrected chi connectivity index (χ4v) is 4.38. The topological polar surface area (TPSA) is 49.5 Å². The summed E-state index contributed by atoms with van der Waals surface area (Å²) in [5.41, 5.74) is 6.47. The number of hydrogen-bond donors (Lipinski definition) is 2. The fourth-order valence-electron chi connectivity index (χ4n) is 4.38. The van der Waals surface area contributed by atoms with Gasteiger partial charge < -0.3 is 10.8 Å². The van der Waals surface area contributed by atoms with Gasteiger partial charge in [-0.2, -0.15) is 0 Å². The van der Waals surface area contributed by atoms with E-state index in [-0.39, 0.29) is 6.61 Å². The largest absolute Gasteiger partial charge is 0.395 e. The summed E-state index contributed by atoms with van der Waals surface area (Å²) >= 11 is 0. The van der Waals surface area contributed by atoms with E-state index >= 15 is 0 Å². The normalized spacial score (nSPS) is 33.2. The molecule has 2 fully saturated rings. The first-order chi connectivity index (χ1) is 9.19. The molecule has 2 aliphatic rings. The highest BCUT2D eigenvalue weighted by Gasteiger charge is 2.37. The molecule has 2 aliphatic carbocycles. The summed E-state index contributed by atoms with van der Waals surface area (Å²) in [6.07, 6.45) is 10.6. The van der Waals surface area contributed by atoms with E-state index in [0.29, 0.717) is 11.5 Å². The fraction of sp³-hybridized carbons (Fsp3) is 1.00. The molecule has 19 heavy (non-hydrogen) atoms. The van der Waals surface area contributed by atoms with Crippen molar-refractivity contribution >= 4 is 0 Å². The number of nitrogens with two attached hydrogens (primary N) is 1. The summed E-state index contributed by atoms with van der Waals surface area (Å²) in [7, 11) is 0. The quantitative estimate of drug-likeness (QED) is 0.777. The first-order valence-electron chi connectivity index (χ1n) is 8.24. The molecule has 2 saturated carbocycles. The van der Waals surface area contributed by atoms with Crippen molar-refractivity contribution < 1.29 is 5.11 Å². The molecule has 0 aromatic rings. The zero-order chi connectivity index (χ0) is 13.7. The van der Waals surface area contributed by atoms with E-state index in [2.05, 4.69) is 11.8 Å². The van der Waals surface area contributed by atoms with Crippen LogP contribution in [0.5, 0.6) is 0 Å². The zero-order valence-corrected chi connectivity index (χ0v) is 12.6. The van der Waals surface area contributed by atoms with Crippen molar-refractivity contribution in [3.8, 4) is 0 Å². The Morgan fingerprint density at radius 3 is 2.53 bits per heavy atom. The van der Waals surface area contributed by atoms with E-state index in [0.717, 1.165) is 25.6 Å². The molecule has 0 aliphatic heterocycles. The SMILES string of the molecule is CC1CCCC(CN)(CN(CCO)C2CCCC2)C1. The van der Waals surface area contributed by atoms with Gasteiger partial charge in [0.1, 0.15) is 0 Å². The van der Waals surface area contributed by atoms with E-state index in [9.17, 15) is 5.11 Å². The standard InChI is InChI=1S/C16H32N2O/c1-14-5-4-8-16(11-14,12-17)13-18(9-10-19)15-6-2-3-7-15/h14-15,19H,2-13,17H2,1H3. The van der Waals surface area contributed by atoms with Crippen LogP contribution in [0.4, 0.5) is 0 Å². The summed E-state index contributed by atoms with van der Waals surface area (Å²) in [5.74, 6) is 0.817. The average Bonchev–Trinajstić information content (AvgIpc) is 2.92. The lowest BCUT2D eigenvalue weighted by Gasteiger charge is -2.44. The van der Waals surface area contributed by atoms with Crippen LogP contribution in [0.25, 0.3) is 0 Å². The van der Waals surface area contributed by atoms with Crippen molar-refractivity contribution in [3.63, 3.8) is 0 Å². The van der Waals surface area contributed by atoms with E-state index in [1.54, 1.807) is 0 Å². The van der Waals surface area contributed by atoms with E-state index in [4.69, 9.17) is 5.73 Å². The molecule has 2 rings (SSSR count). The van der Waals surface area contributed by atoms with Crippen molar-refractivity contribution in [2.45, 2.75) is 64.3 Å². The van der Waals surface area contributed by atoms with Gasteiger partial charge in [0.15, 0.2) is 0 Å². The predicted molar refractivity (Wildman–Crippen MR) is 80.0 cm³/mol. The highest BCUT2D eigenvalue weighted by molar-refractivity contribution is 4.91. The Morgan fingerprint density at radius 1 is 1.21 bits per heavy atom. The summed E-state index contributed by atoms with van der Waals surface area (Å²) < 4.78 is 0. The molecule has 0 spiro atoms. The highest BCUT2D eigenvalue weighted by Crippen LogP contribution is 2.40. The highest BCUT2D eigenvalue weighted by atomic mass is 16.3. The molecule has 3 N–H and O–H groups in total. The molecule has 0 saturated heterocycles. The Balaban J connectivity index is 2.00. The van der Waals surface area contributed by atoms with E-state index in [1.165, 1.54) is 51.4 Å². The minimum absolute atomic E-state index is 0.284. The van der Waals surface area contributed by atoms with Crippen molar-refractivity contribution in [3.05, 3.63) is 0 Å². The number of aliphatic hydroxyl groups is 1. The number of nitrogens with zero attached hydrogens (tertiary/aromatic N) is 1. The molecule has 112 valence electrons. The van der Waals surface area contributed by atoms with Gasteiger partial charge in [-0.3, -0.25) is 4.90 Å². The Morgan fingerprint density at radius 2 is 1.95 bits per heavy atom. The third kappa shape index (κ3) is 3.93. The zero-order valence-electron chi connectivity index (χ0n) is 12.6. The molecule has 3 nitrogen and oxygen atoms in total. The minimum atomic E-state index is 0.284. The van der Waals surface area contributed by atoms with E-state index < -0.39 is 0 Å². The summed E-state index contributed by atoms with van der Waals surface area (Å²) in [6, 6.07) is 0.702. The predicted octanol–water partition coefficient (Wildman–Crippen LogP) is 2.38. The average molecular weight is 268 g/mol. The van der Waals surface area contributed by atoms with Gasteiger partial charge in [-0.05, 0) is 43.6 Å². The van der Waals surface area contributed by atoms with Gasteiger partial charge in [0.25, 0.3) is 0 Å². The Hall–Kier alpha value is -0.120. The smallest absolute Gasteiger partial charge is 0.0558 e. The maximum Gasteiger partial charge on any atom is 0.0558 e. The maximum absolute atomic E-state index is 9.36. The van der Waals surface area contributed by atoms with Gasteiger partial charge in [0, 0.05) is 19.1 Å². The van der Waals surface area contributed by atoms with Gasteiger partial charge in [-0.25, -0.2) is 0 Å². The lowest BCUT2D eigenvalue weighted by atomic mass is 9.69. The van der Waals surface area contributed by atoms with Crippen LogP contribution in [0.1, 0.15) is 58.3 Å². The Labute approximate surface area is 118 Å². The maximum atomic E-state index is 9.36. The molecule has 0 amide bonds. The number of rotatable bonds is 6. The monoisotopic (exact) mass is 268 g/mol. The molecular weight excluding hydrogens is 236 g/mol. The molecule has 3 heteroatoms. The molecular formula is C16H32N2O. The second kappa shape index (κ2) is 7.05. The third-order valence-electron chi connectivity index (χ3n) is 5.39. The Kier molecular flexibility index (Phi) is 5.67. The number of hydrogen-bond acceptors (Lipinski definition) is 3. The minimum Gasteiger partial charge on any atom is -0.395 e. The molecule has 2 atom stereocenters. The van der Waals surface area contributed by atoms with Crippen LogP contribution in [0.3, 0.4) is 0 Å². The first-order valence-corrected chi connectivity index (χ1v) is 8.24. The Bertz CT molecular complexity index is 265. The van der Waals surface area contributed by atoms with Gasteiger partial charge in [0.2, 0.25) is 0 Å². The van der Waals surface area contributed by atoms with Crippen LogP contribution in [0.15, 0.2) is 0 Å². The molecule has 0 bridgehead atoms. The first kappa shape index (κ1) is 15.3. The van der Waals surface area contributed by atoms with Crippen LogP contribution in [0, 0.1) is 11.3 Å². The van der Waals surface area contributed by atoms with Crippen molar-refractivity contribution in [1.82, 2.24) is 4.90 Å². The van der Waals surface area contributed by atoms with Gasteiger partial charge in [-0.1, -0.05) is 32.6 Å². The summed E-state index contributed by atoms with van der Waals surface area (Å²) in [4.78, 5) is 2.55. The van der Waals surface area contributed by atoms with Crippen LogP contribution in [-0.4, -0.2) is 42.3 Å². The summed E-state index contributed by atoms with van der Waals surface area (Å²) in [5, 5.41) is 9.36. The lowest BCUT2D eigenvalue weighted by molar-refractivity contribution is 0.0540.